The predicted octanol–water partition coefficient (Wildman–Crippen LogP) is 3.96. The summed E-state index contributed by atoms with van der Waals surface area (Å²) in [7, 11) is 1.14. The lowest BCUT2D eigenvalue weighted by molar-refractivity contribution is 0.684. The molecule has 0 aliphatic rings. The molecule has 0 saturated heterocycles. The molecule has 1 heterocycles. The van der Waals surface area contributed by atoms with Crippen LogP contribution >= 0.6 is 0 Å². The third kappa shape index (κ3) is 7.89. The first-order chi connectivity index (χ1) is 9.56. The van der Waals surface area contributed by atoms with Crippen molar-refractivity contribution >= 4 is 10.8 Å². The maximum Gasteiger partial charge on any atom is 0.0526 e. The van der Waals surface area contributed by atoms with Crippen molar-refractivity contribution in [2.45, 2.75) is 39.0 Å². The van der Waals surface area contributed by atoms with Gasteiger partial charge >= 0.3 is 0 Å². The van der Waals surface area contributed by atoms with Crippen molar-refractivity contribution in [1.82, 2.24) is 9.78 Å². The standard InChI is InChI=1S/C8H10OS.C5H8N2.C3H8/c1-2-10(9)8-6-4-3-5-7-8;1-5-3-4-6-7(5)2;1-3-2/h3-7H,2H2,1H3;3-4H,1-2H3;3H2,1-2H3. The summed E-state index contributed by atoms with van der Waals surface area (Å²) in [4.78, 5) is 0.921. The molecule has 1 unspecified atom stereocenters. The molecule has 20 heavy (non-hydrogen) atoms. The van der Waals surface area contributed by atoms with E-state index in [-0.39, 0.29) is 0 Å². The number of aromatic nitrogens is 2. The lowest BCUT2D eigenvalue weighted by atomic mass is 10.4. The minimum Gasteiger partial charge on any atom is -0.273 e. The molecule has 0 radical (unpaired) electrons. The molecule has 2 rings (SSSR count). The summed E-state index contributed by atoms with van der Waals surface area (Å²) in [5.74, 6) is 0.698. The van der Waals surface area contributed by atoms with Crippen LogP contribution in [-0.4, -0.2) is 19.7 Å². The van der Waals surface area contributed by atoms with Gasteiger partial charge in [0.25, 0.3) is 0 Å². The Labute approximate surface area is 125 Å². The number of rotatable bonds is 2. The van der Waals surface area contributed by atoms with Crippen molar-refractivity contribution in [3.05, 3.63) is 48.3 Å². The Morgan fingerprint density at radius 3 is 1.95 bits per heavy atom. The first kappa shape index (κ1) is 18.6. The summed E-state index contributed by atoms with van der Waals surface area (Å²) in [6.45, 7) is 8.19. The summed E-state index contributed by atoms with van der Waals surface area (Å²) >= 11 is 0. The van der Waals surface area contributed by atoms with Gasteiger partial charge in [-0.05, 0) is 25.1 Å². The van der Waals surface area contributed by atoms with Crippen LogP contribution in [0.3, 0.4) is 0 Å². The summed E-state index contributed by atoms with van der Waals surface area (Å²) in [5, 5.41) is 3.93. The third-order valence-corrected chi connectivity index (χ3v) is 3.66. The van der Waals surface area contributed by atoms with Gasteiger partial charge in [0.2, 0.25) is 0 Å². The predicted molar refractivity (Wildman–Crippen MR) is 87.3 cm³/mol. The minimum atomic E-state index is -0.790. The Hall–Kier alpha value is -1.42. The van der Waals surface area contributed by atoms with E-state index in [4.69, 9.17) is 0 Å². The molecule has 1 aromatic heterocycles. The van der Waals surface area contributed by atoms with Gasteiger partial charge < -0.3 is 0 Å². The van der Waals surface area contributed by atoms with Crippen LogP contribution in [0.1, 0.15) is 32.9 Å². The van der Waals surface area contributed by atoms with E-state index in [0.29, 0.717) is 5.75 Å². The fourth-order valence-corrected chi connectivity index (χ4v) is 1.97. The Balaban J connectivity index is 0.000000315. The van der Waals surface area contributed by atoms with Gasteiger partial charge in [-0.25, -0.2) is 0 Å². The first-order valence-corrected chi connectivity index (χ1v) is 8.26. The molecule has 3 nitrogen and oxygen atoms in total. The molecule has 1 aromatic carbocycles. The Morgan fingerprint density at radius 2 is 1.65 bits per heavy atom. The Bertz CT molecular complexity index is 464. The van der Waals surface area contributed by atoms with E-state index in [2.05, 4.69) is 18.9 Å². The van der Waals surface area contributed by atoms with Crippen LogP contribution in [0.4, 0.5) is 0 Å². The van der Waals surface area contributed by atoms with Crippen molar-refractivity contribution in [3.63, 3.8) is 0 Å². The van der Waals surface area contributed by atoms with Gasteiger partial charge in [0.05, 0.1) is 10.8 Å². The zero-order valence-electron chi connectivity index (χ0n) is 13.2. The molecule has 2 aromatic rings. The Kier molecular flexibility index (Phi) is 10.6. The zero-order chi connectivity index (χ0) is 15.4. The highest BCUT2D eigenvalue weighted by Crippen LogP contribution is 2.04. The summed E-state index contributed by atoms with van der Waals surface area (Å²) in [6, 6.07) is 11.5. The number of aryl methyl sites for hydroxylation is 2. The van der Waals surface area contributed by atoms with Crippen LogP contribution in [0.25, 0.3) is 0 Å². The fraction of sp³-hybridized carbons (Fsp3) is 0.438. The normalized spacial score (nSPS) is 10.7. The van der Waals surface area contributed by atoms with Gasteiger partial charge in [0, 0.05) is 29.6 Å². The second kappa shape index (κ2) is 11.4. The largest absolute Gasteiger partial charge is 0.273 e. The highest BCUT2D eigenvalue weighted by Gasteiger charge is 1.96. The molecule has 0 N–H and O–H groups in total. The third-order valence-electron chi connectivity index (χ3n) is 2.33. The molecule has 0 aliphatic heterocycles. The lowest BCUT2D eigenvalue weighted by Crippen LogP contribution is -1.92. The van der Waals surface area contributed by atoms with E-state index in [9.17, 15) is 4.21 Å². The van der Waals surface area contributed by atoms with E-state index in [1.54, 1.807) is 6.20 Å². The number of hydrogen-bond donors (Lipinski definition) is 0. The van der Waals surface area contributed by atoms with E-state index in [1.807, 2.05) is 62.0 Å². The summed E-state index contributed by atoms with van der Waals surface area (Å²) in [5.41, 5.74) is 1.19. The van der Waals surface area contributed by atoms with Gasteiger partial charge in [-0.15, -0.1) is 0 Å². The molecular weight excluding hydrogens is 268 g/mol. The Morgan fingerprint density at radius 1 is 1.10 bits per heavy atom. The first-order valence-electron chi connectivity index (χ1n) is 6.94. The maximum atomic E-state index is 11.1. The quantitative estimate of drug-likeness (QED) is 0.840. The van der Waals surface area contributed by atoms with Crippen LogP contribution in [0.5, 0.6) is 0 Å². The maximum absolute atomic E-state index is 11.1. The molecule has 0 fully saturated rings. The molecule has 4 heteroatoms. The van der Waals surface area contributed by atoms with E-state index in [0.717, 1.165) is 4.90 Å². The van der Waals surface area contributed by atoms with Crippen molar-refractivity contribution in [2.24, 2.45) is 7.05 Å². The lowest BCUT2D eigenvalue weighted by Gasteiger charge is -1.95. The van der Waals surface area contributed by atoms with Gasteiger partial charge in [0.1, 0.15) is 0 Å². The monoisotopic (exact) mass is 294 g/mol. The molecule has 0 amide bonds. The van der Waals surface area contributed by atoms with Gasteiger partial charge in [-0.3, -0.25) is 8.89 Å². The molecular formula is C16H26N2OS. The number of nitrogens with zero attached hydrogens (tertiary/aromatic N) is 2. The molecule has 1 atom stereocenters. The number of benzene rings is 1. The topological polar surface area (TPSA) is 34.9 Å². The van der Waals surface area contributed by atoms with Crippen molar-refractivity contribution in [2.75, 3.05) is 5.75 Å². The average molecular weight is 294 g/mol. The van der Waals surface area contributed by atoms with Crippen LogP contribution < -0.4 is 0 Å². The SMILES string of the molecule is CCC.CCS(=O)c1ccccc1.Cc1ccnn1C. The fourth-order valence-electron chi connectivity index (χ4n) is 1.18. The van der Waals surface area contributed by atoms with Crippen molar-refractivity contribution in [3.8, 4) is 0 Å². The number of hydrogen-bond acceptors (Lipinski definition) is 2. The molecule has 0 spiro atoms. The smallest absolute Gasteiger partial charge is 0.0526 e. The van der Waals surface area contributed by atoms with Crippen molar-refractivity contribution < 1.29 is 4.21 Å². The minimum absolute atomic E-state index is 0.698. The van der Waals surface area contributed by atoms with Gasteiger partial charge in [-0.1, -0.05) is 45.4 Å². The molecule has 0 saturated carbocycles. The second-order valence-electron chi connectivity index (χ2n) is 4.25. The van der Waals surface area contributed by atoms with Crippen molar-refractivity contribution in [1.29, 1.82) is 0 Å². The van der Waals surface area contributed by atoms with Gasteiger partial charge in [0.15, 0.2) is 0 Å². The zero-order valence-corrected chi connectivity index (χ0v) is 14.0. The van der Waals surface area contributed by atoms with E-state index in [1.165, 1.54) is 12.1 Å². The van der Waals surface area contributed by atoms with Crippen LogP contribution in [0, 0.1) is 6.92 Å². The highest BCUT2D eigenvalue weighted by molar-refractivity contribution is 7.85. The summed E-state index contributed by atoms with van der Waals surface area (Å²) < 4.78 is 13.0. The molecule has 112 valence electrons. The highest BCUT2D eigenvalue weighted by atomic mass is 32.2. The molecule has 0 bridgehead atoms. The summed E-state index contributed by atoms with van der Waals surface area (Å²) in [6.07, 6.45) is 3.04. The molecule has 0 aliphatic carbocycles. The van der Waals surface area contributed by atoms with Crippen LogP contribution in [-0.2, 0) is 17.8 Å². The second-order valence-corrected chi connectivity index (χ2v) is 5.99. The average Bonchev–Trinajstić information content (AvgIpc) is 2.84. The van der Waals surface area contributed by atoms with E-state index < -0.39 is 10.8 Å². The van der Waals surface area contributed by atoms with Crippen LogP contribution in [0.2, 0.25) is 0 Å². The van der Waals surface area contributed by atoms with Gasteiger partial charge in [-0.2, -0.15) is 5.10 Å². The van der Waals surface area contributed by atoms with Crippen LogP contribution in [0.15, 0.2) is 47.5 Å². The van der Waals surface area contributed by atoms with E-state index >= 15 is 0 Å².